The van der Waals surface area contributed by atoms with Crippen LogP contribution in [0.15, 0.2) is 42.6 Å². The lowest BCUT2D eigenvalue weighted by Gasteiger charge is -2.06. The van der Waals surface area contributed by atoms with E-state index in [1.54, 1.807) is 13.1 Å². The van der Waals surface area contributed by atoms with Gasteiger partial charge in [-0.05, 0) is 30.7 Å². The molecule has 30 heavy (non-hydrogen) atoms. The van der Waals surface area contributed by atoms with Crippen LogP contribution >= 0.6 is 11.3 Å². The monoisotopic (exact) mass is 429 g/mol. The van der Waals surface area contributed by atoms with E-state index in [1.807, 2.05) is 30.3 Å². The van der Waals surface area contributed by atoms with Crippen molar-refractivity contribution in [2.24, 2.45) is 0 Å². The molecule has 1 N–H and O–H groups in total. The molecule has 10 heteroatoms. The Bertz CT molecular complexity index is 1070. The van der Waals surface area contributed by atoms with E-state index in [0.29, 0.717) is 11.3 Å². The average Bonchev–Trinajstić information content (AvgIpc) is 3.36. The number of nitrogens with zero attached hydrogens (tertiary/aromatic N) is 2. The summed E-state index contributed by atoms with van der Waals surface area (Å²) in [5.41, 5.74) is 0.590. The lowest BCUT2D eigenvalue weighted by molar-refractivity contribution is 0.0601. The predicted molar refractivity (Wildman–Crippen MR) is 109 cm³/mol. The smallest absolute Gasteiger partial charge is 0.348 e. The molecule has 0 radical (unpaired) electrons. The molecule has 0 saturated heterocycles. The molecule has 0 aliphatic heterocycles. The van der Waals surface area contributed by atoms with Gasteiger partial charge in [0.15, 0.2) is 12.4 Å². The molecule has 0 saturated carbocycles. The number of carbonyl (C=O) groups excluding carboxylic acids is 3. The Kier molecular flexibility index (Phi) is 6.48. The zero-order valence-corrected chi connectivity index (χ0v) is 17.3. The third-order valence-electron chi connectivity index (χ3n) is 4.11. The van der Waals surface area contributed by atoms with Crippen LogP contribution in [0.5, 0.6) is 5.75 Å². The second-order valence-electron chi connectivity index (χ2n) is 6.02. The first-order chi connectivity index (χ1) is 14.4. The summed E-state index contributed by atoms with van der Waals surface area (Å²) in [5, 5.41) is 6.98. The van der Waals surface area contributed by atoms with E-state index < -0.39 is 17.8 Å². The number of hydrogen-bond donors (Lipinski definition) is 1. The minimum Gasteiger partial charge on any atom is -0.471 e. The van der Waals surface area contributed by atoms with Crippen LogP contribution in [0.3, 0.4) is 0 Å². The summed E-state index contributed by atoms with van der Waals surface area (Å²) in [5.74, 6) is -1.15. The molecular weight excluding hydrogens is 410 g/mol. The molecule has 3 rings (SSSR count). The van der Waals surface area contributed by atoms with E-state index in [2.05, 4.69) is 10.4 Å². The minimum absolute atomic E-state index is 0.100. The van der Waals surface area contributed by atoms with E-state index in [0.717, 1.165) is 11.3 Å². The number of rotatable bonds is 7. The van der Waals surface area contributed by atoms with Crippen molar-refractivity contribution in [3.8, 4) is 5.75 Å². The van der Waals surface area contributed by atoms with Crippen molar-refractivity contribution in [2.45, 2.75) is 13.7 Å². The number of hydrogen-bond acceptors (Lipinski definition) is 8. The Morgan fingerprint density at radius 1 is 1.07 bits per heavy atom. The van der Waals surface area contributed by atoms with Gasteiger partial charge >= 0.3 is 11.9 Å². The average molecular weight is 429 g/mol. The standard InChI is InChI=1S/C20H19N3O6S/c1-12-15(19(25)27-2)18(30-16(12)20(26)28-3)21-17(24)14-9-10-23(22-14)11-29-13-7-5-4-6-8-13/h4-10H,11H2,1-3H3,(H,21,24). The van der Waals surface area contributed by atoms with Crippen LogP contribution in [-0.4, -0.2) is 41.8 Å². The highest BCUT2D eigenvalue weighted by Gasteiger charge is 2.27. The van der Waals surface area contributed by atoms with Gasteiger partial charge in [-0.25, -0.2) is 14.3 Å². The molecule has 2 aromatic heterocycles. The van der Waals surface area contributed by atoms with Crippen molar-refractivity contribution >= 4 is 34.2 Å². The number of amides is 1. The minimum atomic E-state index is -0.670. The number of methoxy groups -OCH3 is 2. The maximum atomic E-state index is 12.6. The second kappa shape index (κ2) is 9.23. The highest BCUT2D eigenvalue weighted by Crippen LogP contribution is 2.34. The van der Waals surface area contributed by atoms with Gasteiger partial charge in [0.2, 0.25) is 0 Å². The number of esters is 2. The first kappa shape index (κ1) is 21.1. The maximum absolute atomic E-state index is 12.6. The lowest BCUT2D eigenvalue weighted by Crippen LogP contribution is -2.16. The number of ether oxygens (including phenoxy) is 3. The first-order valence-electron chi connectivity index (χ1n) is 8.77. The lowest BCUT2D eigenvalue weighted by atomic mass is 10.1. The van der Waals surface area contributed by atoms with E-state index in [9.17, 15) is 14.4 Å². The Labute approximate surface area is 176 Å². The van der Waals surface area contributed by atoms with Crippen LogP contribution in [0, 0.1) is 6.92 Å². The predicted octanol–water partition coefficient (Wildman–Crippen LogP) is 3.12. The number of nitrogens with one attached hydrogen (secondary N) is 1. The summed E-state index contributed by atoms with van der Waals surface area (Å²) in [6.45, 7) is 1.70. The molecule has 9 nitrogen and oxygen atoms in total. The molecule has 0 spiro atoms. The van der Waals surface area contributed by atoms with Gasteiger partial charge in [0, 0.05) is 6.20 Å². The Hall–Kier alpha value is -3.66. The van der Waals surface area contributed by atoms with Gasteiger partial charge in [0.25, 0.3) is 5.91 Å². The van der Waals surface area contributed by atoms with Gasteiger partial charge in [-0.3, -0.25) is 4.79 Å². The number of para-hydroxylation sites is 1. The van der Waals surface area contributed by atoms with Crippen molar-refractivity contribution in [3.63, 3.8) is 0 Å². The zero-order chi connectivity index (χ0) is 21.7. The van der Waals surface area contributed by atoms with Crippen LogP contribution in [0.4, 0.5) is 5.00 Å². The Morgan fingerprint density at radius 3 is 2.43 bits per heavy atom. The molecule has 0 atom stereocenters. The molecule has 0 bridgehead atoms. The molecule has 0 aliphatic rings. The van der Waals surface area contributed by atoms with Crippen LogP contribution < -0.4 is 10.1 Å². The fraction of sp³-hybridized carbons (Fsp3) is 0.200. The number of carbonyl (C=O) groups is 3. The molecule has 1 amide bonds. The molecular formula is C20H19N3O6S. The second-order valence-corrected chi connectivity index (χ2v) is 7.05. The third-order valence-corrected chi connectivity index (χ3v) is 5.30. The normalized spacial score (nSPS) is 10.4. The summed E-state index contributed by atoms with van der Waals surface area (Å²) in [6, 6.07) is 10.7. The molecule has 0 fully saturated rings. The van der Waals surface area contributed by atoms with Crippen molar-refractivity contribution in [1.29, 1.82) is 0 Å². The van der Waals surface area contributed by atoms with Crippen molar-refractivity contribution < 1.29 is 28.6 Å². The van der Waals surface area contributed by atoms with Gasteiger partial charge in [-0.1, -0.05) is 18.2 Å². The molecule has 1 aromatic carbocycles. The fourth-order valence-corrected chi connectivity index (χ4v) is 3.72. The van der Waals surface area contributed by atoms with Crippen LogP contribution in [0.1, 0.15) is 36.1 Å². The molecule has 0 unspecified atom stereocenters. The van der Waals surface area contributed by atoms with Crippen molar-refractivity contribution in [2.75, 3.05) is 19.5 Å². The summed E-state index contributed by atoms with van der Waals surface area (Å²) in [7, 11) is 2.46. The zero-order valence-electron chi connectivity index (χ0n) is 16.5. The summed E-state index contributed by atoms with van der Waals surface area (Å²) in [4.78, 5) is 37.0. The Morgan fingerprint density at radius 2 is 1.77 bits per heavy atom. The molecule has 2 heterocycles. The van der Waals surface area contributed by atoms with Crippen molar-refractivity contribution in [3.05, 3.63) is 64.3 Å². The number of anilines is 1. The highest BCUT2D eigenvalue weighted by atomic mass is 32.1. The van der Waals surface area contributed by atoms with Gasteiger partial charge in [0.1, 0.15) is 15.6 Å². The molecule has 3 aromatic rings. The summed E-state index contributed by atoms with van der Waals surface area (Å²) < 4.78 is 16.6. The highest BCUT2D eigenvalue weighted by molar-refractivity contribution is 7.18. The van der Waals surface area contributed by atoms with Crippen molar-refractivity contribution in [1.82, 2.24) is 9.78 Å². The largest absolute Gasteiger partial charge is 0.471 e. The van der Waals surface area contributed by atoms with Gasteiger partial charge in [-0.2, -0.15) is 5.10 Å². The number of aromatic nitrogens is 2. The van der Waals surface area contributed by atoms with Gasteiger partial charge < -0.3 is 19.5 Å². The summed E-state index contributed by atoms with van der Waals surface area (Å²) in [6.07, 6.45) is 1.60. The Balaban J connectivity index is 1.76. The number of thiophene rings is 1. The van der Waals surface area contributed by atoms with Crippen LogP contribution in [0.2, 0.25) is 0 Å². The van der Waals surface area contributed by atoms with E-state index in [-0.39, 0.29) is 27.9 Å². The molecule has 0 aliphatic carbocycles. The third kappa shape index (κ3) is 4.49. The van der Waals surface area contributed by atoms with Gasteiger partial charge in [0.05, 0.1) is 19.8 Å². The SMILES string of the molecule is COC(=O)c1sc(NC(=O)c2ccn(COc3ccccc3)n2)c(C(=O)OC)c1C. The van der Waals surface area contributed by atoms with Crippen LogP contribution in [0.25, 0.3) is 0 Å². The van der Waals surface area contributed by atoms with Gasteiger partial charge in [-0.15, -0.1) is 11.3 Å². The quantitative estimate of drug-likeness (QED) is 0.575. The van der Waals surface area contributed by atoms with E-state index in [4.69, 9.17) is 14.2 Å². The maximum Gasteiger partial charge on any atom is 0.348 e. The van der Waals surface area contributed by atoms with Crippen LogP contribution in [-0.2, 0) is 16.2 Å². The van der Waals surface area contributed by atoms with E-state index >= 15 is 0 Å². The topological polar surface area (TPSA) is 109 Å². The molecule has 156 valence electrons. The van der Waals surface area contributed by atoms with E-state index in [1.165, 1.54) is 25.0 Å². The summed E-state index contributed by atoms with van der Waals surface area (Å²) >= 11 is 0.933. The number of benzene rings is 1. The fourth-order valence-electron chi connectivity index (χ4n) is 2.62. The first-order valence-corrected chi connectivity index (χ1v) is 9.59.